The molecule has 0 bridgehead atoms. The maximum Gasteiger partial charge on any atom is 0.213 e. The Hall–Kier alpha value is -0.670. The fourth-order valence-electron chi connectivity index (χ4n) is 1.26. The van der Waals surface area contributed by atoms with Crippen molar-refractivity contribution < 1.29 is 8.78 Å². The summed E-state index contributed by atoms with van der Waals surface area (Å²) in [6, 6.07) is 5.13. The van der Waals surface area contributed by atoms with E-state index >= 15 is 0 Å². The highest BCUT2D eigenvalue weighted by atomic mass is 35.5. The summed E-state index contributed by atoms with van der Waals surface area (Å²) in [5.41, 5.74) is 0.636. The molecule has 1 aromatic heterocycles. The third-order valence-corrected chi connectivity index (χ3v) is 3.05. The molecule has 2 aromatic rings. The number of hydrogen-bond donors (Lipinski definition) is 0. The van der Waals surface area contributed by atoms with Gasteiger partial charge in [-0.15, -0.1) is 22.9 Å². The Balaban J connectivity index is 2.87. The molecule has 0 aliphatic carbocycles. The molecule has 1 aromatic carbocycles. The van der Waals surface area contributed by atoms with E-state index < -0.39 is 10.9 Å². The molecule has 2 rings (SSSR count). The van der Waals surface area contributed by atoms with E-state index in [1.165, 1.54) is 0 Å². The summed E-state index contributed by atoms with van der Waals surface area (Å²) in [6.07, 6.45) is 0. The molecule has 13 heavy (non-hydrogen) atoms. The smallest absolute Gasteiger partial charge is 0.202 e. The van der Waals surface area contributed by atoms with E-state index in [4.69, 9.17) is 11.6 Å². The Morgan fingerprint density at radius 3 is 2.77 bits per heavy atom. The zero-order chi connectivity index (χ0) is 9.42. The second-order valence-corrected chi connectivity index (χ2v) is 3.88. The van der Waals surface area contributed by atoms with Crippen molar-refractivity contribution in [2.75, 3.05) is 0 Å². The van der Waals surface area contributed by atoms with E-state index in [1.807, 2.05) is 0 Å². The fourth-order valence-corrected chi connectivity index (χ4v) is 2.34. The SMILES string of the molecule is Fc1sc2cccc(CCl)c2c1F. The van der Waals surface area contributed by atoms with Crippen molar-refractivity contribution in [3.05, 3.63) is 34.7 Å². The lowest BCUT2D eigenvalue weighted by atomic mass is 10.1. The van der Waals surface area contributed by atoms with Gasteiger partial charge in [0, 0.05) is 16.0 Å². The number of halogens is 3. The molecule has 0 spiro atoms. The van der Waals surface area contributed by atoms with Crippen LogP contribution in [0.1, 0.15) is 5.56 Å². The summed E-state index contributed by atoms with van der Waals surface area (Å²) in [6.45, 7) is 0. The summed E-state index contributed by atoms with van der Waals surface area (Å²) in [5, 5.41) is -0.451. The predicted molar refractivity (Wildman–Crippen MR) is 51.3 cm³/mol. The number of rotatable bonds is 1. The third kappa shape index (κ3) is 1.32. The first-order valence-corrected chi connectivity index (χ1v) is 5.00. The Bertz CT molecular complexity index is 450. The highest BCUT2D eigenvalue weighted by Crippen LogP contribution is 2.31. The largest absolute Gasteiger partial charge is 0.213 e. The van der Waals surface area contributed by atoms with Crippen LogP contribution in [0.15, 0.2) is 18.2 Å². The maximum atomic E-state index is 13.2. The van der Waals surface area contributed by atoms with Gasteiger partial charge in [-0.05, 0) is 11.6 Å². The normalized spacial score (nSPS) is 11.0. The summed E-state index contributed by atoms with van der Waals surface area (Å²) in [4.78, 5) is 0. The Morgan fingerprint density at radius 2 is 2.08 bits per heavy atom. The molecule has 0 N–H and O–H groups in total. The van der Waals surface area contributed by atoms with Crippen LogP contribution in [0.2, 0.25) is 0 Å². The summed E-state index contributed by atoms with van der Waals surface area (Å²) in [7, 11) is 0. The van der Waals surface area contributed by atoms with E-state index in [0.717, 1.165) is 11.3 Å². The molecule has 0 fully saturated rings. The number of alkyl halides is 1. The first-order chi connectivity index (χ1) is 6.24. The van der Waals surface area contributed by atoms with E-state index in [2.05, 4.69) is 0 Å². The second kappa shape index (κ2) is 3.24. The van der Waals surface area contributed by atoms with Gasteiger partial charge in [0.25, 0.3) is 0 Å². The van der Waals surface area contributed by atoms with Crippen LogP contribution < -0.4 is 0 Å². The van der Waals surface area contributed by atoms with Gasteiger partial charge in [0.2, 0.25) is 5.13 Å². The third-order valence-electron chi connectivity index (χ3n) is 1.85. The van der Waals surface area contributed by atoms with Crippen LogP contribution in [0, 0.1) is 10.9 Å². The van der Waals surface area contributed by atoms with Crippen molar-refractivity contribution in [1.29, 1.82) is 0 Å². The van der Waals surface area contributed by atoms with E-state index in [-0.39, 0.29) is 5.88 Å². The molecular weight excluding hydrogens is 214 g/mol. The highest BCUT2D eigenvalue weighted by Gasteiger charge is 2.13. The van der Waals surface area contributed by atoms with Crippen molar-refractivity contribution in [3.63, 3.8) is 0 Å². The summed E-state index contributed by atoms with van der Waals surface area (Å²) in [5.74, 6) is -0.582. The molecule has 0 aliphatic heterocycles. The van der Waals surface area contributed by atoms with E-state index in [9.17, 15) is 8.78 Å². The predicted octanol–water partition coefficient (Wildman–Crippen LogP) is 3.92. The Labute approximate surface area is 82.8 Å². The van der Waals surface area contributed by atoms with Crippen molar-refractivity contribution in [2.45, 2.75) is 5.88 Å². The average Bonchev–Trinajstić information content (AvgIpc) is 2.43. The van der Waals surface area contributed by atoms with Crippen molar-refractivity contribution in [1.82, 2.24) is 0 Å². The lowest BCUT2D eigenvalue weighted by Crippen LogP contribution is -1.81. The lowest BCUT2D eigenvalue weighted by Gasteiger charge is -1.96. The van der Waals surface area contributed by atoms with Crippen molar-refractivity contribution in [3.8, 4) is 0 Å². The highest BCUT2D eigenvalue weighted by molar-refractivity contribution is 7.17. The second-order valence-electron chi connectivity index (χ2n) is 2.61. The van der Waals surface area contributed by atoms with Gasteiger partial charge in [-0.3, -0.25) is 0 Å². The van der Waals surface area contributed by atoms with Gasteiger partial charge in [-0.2, -0.15) is 4.39 Å². The molecule has 0 unspecified atom stereocenters. The Kier molecular flexibility index (Phi) is 2.22. The fraction of sp³-hybridized carbons (Fsp3) is 0.111. The molecule has 0 aliphatic rings. The summed E-state index contributed by atoms with van der Waals surface area (Å²) >= 11 is 6.41. The zero-order valence-electron chi connectivity index (χ0n) is 6.48. The topological polar surface area (TPSA) is 0 Å². The van der Waals surface area contributed by atoms with E-state index in [0.29, 0.717) is 15.6 Å². The van der Waals surface area contributed by atoms with Crippen LogP contribution in [0.4, 0.5) is 8.78 Å². The van der Waals surface area contributed by atoms with Gasteiger partial charge >= 0.3 is 0 Å². The molecule has 4 heteroatoms. The number of benzene rings is 1. The van der Waals surface area contributed by atoms with Crippen LogP contribution >= 0.6 is 22.9 Å². The average molecular weight is 219 g/mol. The summed E-state index contributed by atoms with van der Waals surface area (Å²) < 4.78 is 26.6. The molecule has 0 nitrogen and oxygen atoms in total. The van der Waals surface area contributed by atoms with Gasteiger partial charge in [0.15, 0.2) is 5.82 Å². The van der Waals surface area contributed by atoms with Crippen LogP contribution in [0.5, 0.6) is 0 Å². The first kappa shape index (κ1) is 8.91. The minimum atomic E-state index is -0.781. The maximum absolute atomic E-state index is 13.2. The monoisotopic (exact) mass is 218 g/mol. The molecule has 0 atom stereocenters. The first-order valence-electron chi connectivity index (χ1n) is 3.65. The number of hydrogen-bond acceptors (Lipinski definition) is 1. The van der Waals surface area contributed by atoms with E-state index in [1.54, 1.807) is 18.2 Å². The minimum Gasteiger partial charge on any atom is -0.202 e. The Morgan fingerprint density at radius 1 is 1.31 bits per heavy atom. The molecule has 68 valence electrons. The number of thiophene rings is 1. The minimum absolute atomic E-state index is 0.199. The van der Waals surface area contributed by atoms with Gasteiger partial charge in [0.05, 0.1) is 0 Å². The van der Waals surface area contributed by atoms with Gasteiger partial charge < -0.3 is 0 Å². The molecule has 0 saturated carbocycles. The van der Waals surface area contributed by atoms with Crippen LogP contribution in [0.25, 0.3) is 10.1 Å². The van der Waals surface area contributed by atoms with Gasteiger partial charge in [-0.1, -0.05) is 12.1 Å². The van der Waals surface area contributed by atoms with Crippen LogP contribution in [0.3, 0.4) is 0 Å². The molecule has 0 amide bonds. The number of fused-ring (bicyclic) bond motifs is 1. The molecular formula is C9H5ClF2S. The molecule has 1 heterocycles. The van der Waals surface area contributed by atoms with Gasteiger partial charge in [0.1, 0.15) is 0 Å². The molecule has 0 saturated heterocycles. The zero-order valence-corrected chi connectivity index (χ0v) is 8.05. The van der Waals surface area contributed by atoms with Crippen LogP contribution in [-0.2, 0) is 5.88 Å². The molecule has 0 radical (unpaired) electrons. The van der Waals surface area contributed by atoms with Gasteiger partial charge in [-0.25, -0.2) is 4.39 Å². The van der Waals surface area contributed by atoms with Crippen molar-refractivity contribution in [2.24, 2.45) is 0 Å². The van der Waals surface area contributed by atoms with Crippen molar-refractivity contribution >= 4 is 33.0 Å². The standard InChI is InChI=1S/C9H5ClF2S/c10-4-5-2-1-3-6-7(5)8(11)9(12)13-6/h1-3H,4H2. The quantitative estimate of drug-likeness (QED) is 0.637. The lowest BCUT2D eigenvalue weighted by molar-refractivity contribution is 0.537. The van der Waals surface area contributed by atoms with Crippen LogP contribution in [-0.4, -0.2) is 0 Å².